The second-order valence-corrected chi connectivity index (χ2v) is 15.7. The Bertz CT molecular complexity index is 1150. The van der Waals surface area contributed by atoms with E-state index < -0.39 is 8.32 Å². The van der Waals surface area contributed by atoms with Gasteiger partial charge in [0.05, 0.1) is 6.54 Å². The van der Waals surface area contributed by atoms with Crippen LogP contribution in [-0.2, 0) is 17.7 Å². The van der Waals surface area contributed by atoms with E-state index in [2.05, 4.69) is 124 Å². The minimum absolute atomic E-state index is 0.147. The summed E-state index contributed by atoms with van der Waals surface area (Å²) >= 11 is 0. The molecular formula is C31H39NO2Si. The van der Waals surface area contributed by atoms with Gasteiger partial charge in [0.2, 0.25) is 0 Å². The van der Waals surface area contributed by atoms with Gasteiger partial charge in [-0.15, -0.1) is 0 Å². The molecule has 1 aliphatic heterocycles. The molecule has 0 spiro atoms. The lowest BCUT2D eigenvalue weighted by molar-refractivity contribution is 0.0889. The number of nitrogens with zero attached hydrogens (tertiary/aromatic N) is 1. The van der Waals surface area contributed by atoms with Crippen LogP contribution >= 0.6 is 0 Å². The van der Waals surface area contributed by atoms with Crippen LogP contribution in [0.4, 0.5) is 0 Å². The summed E-state index contributed by atoms with van der Waals surface area (Å²) in [6.07, 6.45) is 3.09. The second kappa shape index (κ2) is 10.8. The first-order chi connectivity index (χ1) is 16.7. The van der Waals surface area contributed by atoms with Crippen molar-refractivity contribution in [1.29, 1.82) is 0 Å². The smallest absolute Gasteiger partial charge is 0.250 e. The Morgan fingerprint density at radius 1 is 0.886 bits per heavy atom. The first-order valence-corrected chi connectivity index (χ1v) is 15.6. The molecule has 1 saturated heterocycles. The third-order valence-corrected chi connectivity index (χ3v) is 11.6. The Hall–Kier alpha value is -2.82. The maximum absolute atomic E-state index is 6.76. The summed E-state index contributed by atoms with van der Waals surface area (Å²) < 4.78 is 12.8. The molecule has 0 N–H and O–H groups in total. The second-order valence-electron chi connectivity index (χ2n) is 10.9. The SMILES string of the molecule is CC(C)(C)[Si](C)(C)Oc1ccccc1-c1ccccc1C/C=C1\CN(Cc2ccccc2)CCO1. The van der Waals surface area contributed by atoms with Gasteiger partial charge in [0.15, 0.2) is 0 Å². The van der Waals surface area contributed by atoms with Gasteiger partial charge in [0.1, 0.15) is 18.1 Å². The molecule has 1 heterocycles. The zero-order valence-corrected chi connectivity index (χ0v) is 22.9. The number of ether oxygens (including phenoxy) is 1. The van der Waals surface area contributed by atoms with E-state index in [1.54, 1.807) is 0 Å². The van der Waals surface area contributed by atoms with Crippen molar-refractivity contribution in [2.45, 2.75) is 51.9 Å². The van der Waals surface area contributed by atoms with Gasteiger partial charge < -0.3 is 9.16 Å². The number of para-hydroxylation sites is 1. The Labute approximate surface area is 212 Å². The van der Waals surface area contributed by atoms with E-state index in [1.807, 2.05) is 0 Å². The summed E-state index contributed by atoms with van der Waals surface area (Å²) in [5.41, 5.74) is 5.03. The van der Waals surface area contributed by atoms with E-state index in [4.69, 9.17) is 9.16 Å². The van der Waals surface area contributed by atoms with Crippen LogP contribution in [0.2, 0.25) is 18.1 Å². The van der Waals surface area contributed by atoms with Gasteiger partial charge in [-0.05, 0) is 53.4 Å². The van der Waals surface area contributed by atoms with Crippen LogP contribution in [0.15, 0.2) is 90.7 Å². The fraction of sp³-hybridized carbons (Fsp3) is 0.355. The molecule has 0 aliphatic carbocycles. The summed E-state index contributed by atoms with van der Waals surface area (Å²) in [5, 5.41) is 0.147. The maximum Gasteiger partial charge on any atom is 0.250 e. The molecule has 0 atom stereocenters. The number of hydrogen-bond acceptors (Lipinski definition) is 3. The molecule has 0 saturated carbocycles. The van der Waals surface area contributed by atoms with Gasteiger partial charge in [-0.3, -0.25) is 4.90 Å². The Morgan fingerprint density at radius 3 is 2.29 bits per heavy atom. The summed E-state index contributed by atoms with van der Waals surface area (Å²) in [6, 6.07) is 27.8. The first-order valence-electron chi connectivity index (χ1n) is 12.7. The topological polar surface area (TPSA) is 21.7 Å². The average Bonchev–Trinajstić information content (AvgIpc) is 2.83. The molecule has 3 aromatic carbocycles. The molecule has 3 nitrogen and oxygen atoms in total. The number of morpholine rings is 1. The van der Waals surface area contributed by atoms with Crippen LogP contribution < -0.4 is 4.43 Å². The van der Waals surface area contributed by atoms with Crippen molar-refractivity contribution < 1.29 is 9.16 Å². The summed E-state index contributed by atoms with van der Waals surface area (Å²) in [5.74, 6) is 2.05. The zero-order chi connectivity index (χ0) is 24.9. The third-order valence-electron chi connectivity index (χ3n) is 7.24. The normalized spacial score (nSPS) is 16.2. The van der Waals surface area contributed by atoms with Crippen LogP contribution in [0.5, 0.6) is 5.75 Å². The summed E-state index contributed by atoms with van der Waals surface area (Å²) in [7, 11) is -1.95. The van der Waals surface area contributed by atoms with Gasteiger partial charge >= 0.3 is 0 Å². The Balaban J connectivity index is 1.53. The van der Waals surface area contributed by atoms with Gasteiger partial charge in [-0.1, -0.05) is 93.6 Å². The van der Waals surface area contributed by atoms with Crippen LogP contribution in [0.1, 0.15) is 31.9 Å². The highest BCUT2D eigenvalue weighted by molar-refractivity contribution is 6.74. The van der Waals surface area contributed by atoms with E-state index >= 15 is 0 Å². The zero-order valence-electron chi connectivity index (χ0n) is 21.9. The highest BCUT2D eigenvalue weighted by Gasteiger charge is 2.39. The van der Waals surface area contributed by atoms with Gasteiger partial charge in [-0.25, -0.2) is 0 Å². The molecule has 0 aromatic heterocycles. The van der Waals surface area contributed by atoms with E-state index in [0.29, 0.717) is 0 Å². The van der Waals surface area contributed by atoms with Gasteiger partial charge in [-0.2, -0.15) is 0 Å². The van der Waals surface area contributed by atoms with Crippen LogP contribution in [-0.4, -0.2) is 32.9 Å². The number of allylic oxidation sites excluding steroid dienone is 1. The molecule has 0 unspecified atom stereocenters. The fourth-order valence-corrected chi connectivity index (χ4v) is 5.18. The van der Waals surface area contributed by atoms with E-state index in [9.17, 15) is 0 Å². The molecule has 0 radical (unpaired) electrons. The predicted molar refractivity (Wildman–Crippen MR) is 149 cm³/mol. The van der Waals surface area contributed by atoms with Crippen molar-refractivity contribution in [2.24, 2.45) is 0 Å². The van der Waals surface area contributed by atoms with Crippen molar-refractivity contribution in [3.8, 4) is 16.9 Å². The molecule has 3 aromatic rings. The monoisotopic (exact) mass is 485 g/mol. The lowest BCUT2D eigenvalue weighted by Gasteiger charge is -2.37. The number of rotatable bonds is 7. The molecule has 1 fully saturated rings. The lowest BCUT2D eigenvalue weighted by Crippen LogP contribution is -2.44. The van der Waals surface area contributed by atoms with Crippen LogP contribution in [0.3, 0.4) is 0 Å². The molecule has 0 amide bonds. The average molecular weight is 486 g/mol. The first kappa shape index (κ1) is 25.3. The van der Waals surface area contributed by atoms with Crippen LogP contribution in [0.25, 0.3) is 11.1 Å². The quantitative estimate of drug-likeness (QED) is 0.320. The Morgan fingerprint density at radius 2 is 1.54 bits per heavy atom. The highest BCUT2D eigenvalue weighted by Crippen LogP contribution is 2.41. The fourth-order valence-electron chi connectivity index (χ4n) is 4.14. The van der Waals surface area contributed by atoms with E-state index in [1.165, 1.54) is 22.3 Å². The molecule has 4 heteroatoms. The molecule has 4 rings (SSSR count). The summed E-state index contributed by atoms with van der Waals surface area (Å²) in [4.78, 5) is 2.46. The molecule has 35 heavy (non-hydrogen) atoms. The minimum Gasteiger partial charge on any atom is -0.543 e. The van der Waals surface area contributed by atoms with Crippen molar-refractivity contribution >= 4 is 8.32 Å². The molecule has 1 aliphatic rings. The summed E-state index contributed by atoms with van der Waals surface area (Å²) in [6.45, 7) is 15.0. The van der Waals surface area contributed by atoms with Crippen LogP contribution in [0, 0.1) is 0 Å². The van der Waals surface area contributed by atoms with Crippen molar-refractivity contribution in [1.82, 2.24) is 4.90 Å². The van der Waals surface area contributed by atoms with Gasteiger partial charge in [0, 0.05) is 18.7 Å². The van der Waals surface area contributed by atoms with E-state index in [0.717, 1.165) is 44.2 Å². The Kier molecular flexibility index (Phi) is 7.83. The third kappa shape index (κ3) is 6.44. The highest BCUT2D eigenvalue weighted by atomic mass is 28.4. The predicted octanol–water partition coefficient (Wildman–Crippen LogP) is 7.70. The van der Waals surface area contributed by atoms with Crippen molar-refractivity contribution in [3.63, 3.8) is 0 Å². The molecule has 184 valence electrons. The largest absolute Gasteiger partial charge is 0.543 e. The molecule has 0 bridgehead atoms. The number of benzene rings is 3. The van der Waals surface area contributed by atoms with Gasteiger partial charge in [0.25, 0.3) is 8.32 Å². The number of hydrogen-bond donors (Lipinski definition) is 0. The molecular weight excluding hydrogens is 446 g/mol. The standard InChI is InChI=1S/C31H39NO2Si/c1-31(2,3)35(4,5)34-30-18-12-11-17-29(30)28-16-10-9-15-26(28)19-20-27-24-32(21-22-33-27)23-25-13-7-6-8-14-25/h6-18,20H,19,21-24H2,1-5H3/b27-20+. The van der Waals surface area contributed by atoms with Crippen molar-refractivity contribution in [2.75, 3.05) is 19.7 Å². The van der Waals surface area contributed by atoms with E-state index in [-0.39, 0.29) is 5.04 Å². The lowest BCUT2D eigenvalue weighted by atomic mass is 9.97. The maximum atomic E-state index is 6.76. The minimum atomic E-state index is -1.95. The van der Waals surface area contributed by atoms with Crippen molar-refractivity contribution in [3.05, 3.63) is 102 Å².